The predicted molar refractivity (Wildman–Crippen MR) is 87.7 cm³/mol. The number of oxime groups is 1. The summed E-state index contributed by atoms with van der Waals surface area (Å²) in [6, 6.07) is 7.72. The number of ketones is 1. The standard InChI is InChI=1S/C16H15N3O2S/c1-3-12(19-21-2)14-9-22-16(18-14)15(20)11-8-17-13-7-5-4-6-10(11)13/h4-9,17H,3H2,1-2H3/b19-12-. The summed E-state index contributed by atoms with van der Waals surface area (Å²) in [5.41, 5.74) is 3.00. The maximum absolute atomic E-state index is 12.7. The molecule has 0 fully saturated rings. The van der Waals surface area contributed by atoms with Gasteiger partial charge in [0.2, 0.25) is 5.78 Å². The molecular formula is C16H15N3O2S. The Labute approximate surface area is 131 Å². The van der Waals surface area contributed by atoms with Crippen molar-refractivity contribution >= 4 is 33.7 Å². The largest absolute Gasteiger partial charge is 0.399 e. The lowest BCUT2D eigenvalue weighted by Crippen LogP contribution is -2.04. The SMILES string of the molecule is CC/C(=N/OC)c1csc(C(=O)c2c[nH]c3ccccc23)n1. The highest BCUT2D eigenvalue weighted by atomic mass is 32.1. The maximum Gasteiger partial charge on any atom is 0.223 e. The van der Waals surface area contributed by atoms with E-state index in [9.17, 15) is 4.79 Å². The Kier molecular flexibility index (Phi) is 4.02. The number of rotatable bonds is 5. The van der Waals surface area contributed by atoms with E-state index in [1.165, 1.54) is 18.4 Å². The van der Waals surface area contributed by atoms with Crippen molar-refractivity contribution in [2.75, 3.05) is 7.11 Å². The Morgan fingerprint density at radius 1 is 1.41 bits per heavy atom. The Morgan fingerprint density at radius 2 is 2.23 bits per heavy atom. The molecule has 5 nitrogen and oxygen atoms in total. The lowest BCUT2D eigenvalue weighted by Gasteiger charge is -1.97. The molecule has 0 unspecified atom stereocenters. The van der Waals surface area contributed by atoms with E-state index in [2.05, 4.69) is 15.1 Å². The van der Waals surface area contributed by atoms with Crippen LogP contribution in [0.1, 0.15) is 34.4 Å². The topological polar surface area (TPSA) is 67.3 Å². The van der Waals surface area contributed by atoms with Gasteiger partial charge in [-0.15, -0.1) is 11.3 Å². The van der Waals surface area contributed by atoms with E-state index in [1.54, 1.807) is 6.20 Å². The van der Waals surface area contributed by atoms with E-state index in [0.717, 1.165) is 16.6 Å². The van der Waals surface area contributed by atoms with Crippen molar-refractivity contribution in [2.45, 2.75) is 13.3 Å². The van der Waals surface area contributed by atoms with E-state index in [1.807, 2.05) is 36.6 Å². The number of para-hydroxylation sites is 1. The third-order valence-electron chi connectivity index (χ3n) is 3.36. The summed E-state index contributed by atoms with van der Waals surface area (Å²) in [5, 5.41) is 7.14. The Bertz CT molecular complexity index is 848. The molecule has 0 aliphatic carbocycles. The first-order valence-corrected chi connectivity index (χ1v) is 7.79. The van der Waals surface area contributed by atoms with Crippen LogP contribution in [0.3, 0.4) is 0 Å². The highest BCUT2D eigenvalue weighted by Crippen LogP contribution is 2.23. The van der Waals surface area contributed by atoms with Gasteiger partial charge in [-0.2, -0.15) is 0 Å². The molecule has 0 spiro atoms. The number of hydrogen-bond acceptors (Lipinski definition) is 5. The van der Waals surface area contributed by atoms with Crippen LogP contribution in [-0.2, 0) is 4.84 Å². The lowest BCUT2D eigenvalue weighted by molar-refractivity contribution is 0.104. The van der Waals surface area contributed by atoms with E-state index in [4.69, 9.17) is 4.84 Å². The molecule has 0 saturated heterocycles. The zero-order valence-corrected chi connectivity index (χ0v) is 13.1. The van der Waals surface area contributed by atoms with Gasteiger partial charge in [0, 0.05) is 22.5 Å². The van der Waals surface area contributed by atoms with Crippen LogP contribution in [0.25, 0.3) is 10.9 Å². The van der Waals surface area contributed by atoms with Crippen LogP contribution in [0, 0.1) is 0 Å². The van der Waals surface area contributed by atoms with Gasteiger partial charge in [0.05, 0.1) is 11.3 Å². The average molecular weight is 313 g/mol. The molecule has 3 aromatic rings. The number of aromatic nitrogens is 2. The molecule has 22 heavy (non-hydrogen) atoms. The van der Waals surface area contributed by atoms with Gasteiger partial charge in [-0.25, -0.2) is 4.98 Å². The zero-order valence-electron chi connectivity index (χ0n) is 12.3. The number of fused-ring (bicyclic) bond motifs is 1. The van der Waals surface area contributed by atoms with Crippen LogP contribution < -0.4 is 0 Å². The summed E-state index contributed by atoms with van der Waals surface area (Å²) in [6.45, 7) is 1.97. The monoisotopic (exact) mass is 313 g/mol. The minimum atomic E-state index is -0.0819. The number of nitrogens with one attached hydrogen (secondary N) is 1. The second kappa shape index (κ2) is 6.11. The van der Waals surface area contributed by atoms with E-state index in [0.29, 0.717) is 22.7 Å². The zero-order chi connectivity index (χ0) is 15.5. The number of nitrogens with zero attached hydrogens (tertiary/aromatic N) is 2. The van der Waals surface area contributed by atoms with Crippen LogP contribution in [0.4, 0.5) is 0 Å². The first-order valence-electron chi connectivity index (χ1n) is 6.91. The predicted octanol–water partition coefficient (Wildman–Crippen LogP) is 3.62. The Morgan fingerprint density at radius 3 is 3.00 bits per heavy atom. The molecule has 0 aliphatic heterocycles. The van der Waals surface area contributed by atoms with E-state index < -0.39 is 0 Å². The van der Waals surface area contributed by atoms with Crippen molar-refractivity contribution in [3.05, 3.63) is 52.1 Å². The molecule has 0 amide bonds. The molecule has 2 aromatic heterocycles. The molecule has 6 heteroatoms. The highest BCUT2D eigenvalue weighted by Gasteiger charge is 2.18. The van der Waals surface area contributed by atoms with Crippen LogP contribution in [0.15, 0.2) is 41.0 Å². The molecule has 1 N–H and O–H groups in total. The number of thiazole rings is 1. The molecule has 0 saturated carbocycles. The number of hydrogen-bond donors (Lipinski definition) is 1. The molecule has 1 aromatic carbocycles. The Hall–Kier alpha value is -2.47. The van der Waals surface area contributed by atoms with Gasteiger partial charge in [-0.05, 0) is 12.5 Å². The molecule has 2 heterocycles. The summed E-state index contributed by atoms with van der Waals surface area (Å²) in [7, 11) is 1.50. The van der Waals surface area contributed by atoms with Gasteiger partial charge in [-0.3, -0.25) is 4.79 Å². The van der Waals surface area contributed by atoms with Crippen LogP contribution >= 0.6 is 11.3 Å². The molecule has 3 rings (SSSR count). The summed E-state index contributed by atoms with van der Waals surface area (Å²) >= 11 is 1.32. The third kappa shape index (κ3) is 2.53. The first kappa shape index (κ1) is 14.5. The fourth-order valence-electron chi connectivity index (χ4n) is 2.29. The molecule has 0 radical (unpaired) electrons. The number of H-pyrrole nitrogens is 1. The first-order chi connectivity index (χ1) is 10.7. The maximum atomic E-state index is 12.7. The molecule has 0 bridgehead atoms. The summed E-state index contributed by atoms with van der Waals surface area (Å²) in [4.78, 5) is 25.0. The van der Waals surface area contributed by atoms with Crippen molar-refractivity contribution in [3.63, 3.8) is 0 Å². The van der Waals surface area contributed by atoms with Gasteiger partial charge in [0.1, 0.15) is 12.8 Å². The van der Waals surface area contributed by atoms with Gasteiger partial charge >= 0.3 is 0 Å². The van der Waals surface area contributed by atoms with Crippen LogP contribution in [0.2, 0.25) is 0 Å². The number of benzene rings is 1. The average Bonchev–Trinajstić information content (AvgIpc) is 3.19. The second-order valence-electron chi connectivity index (χ2n) is 4.69. The van der Waals surface area contributed by atoms with Gasteiger partial charge < -0.3 is 9.82 Å². The van der Waals surface area contributed by atoms with E-state index in [-0.39, 0.29) is 5.78 Å². The van der Waals surface area contributed by atoms with Crippen molar-refractivity contribution in [1.29, 1.82) is 0 Å². The van der Waals surface area contributed by atoms with Crippen LogP contribution in [0.5, 0.6) is 0 Å². The van der Waals surface area contributed by atoms with Crippen molar-refractivity contribution in [2.24, 2.45) is 5.16 Å². The van der Waals surface area contributed by atoms with Gasteiger partial charge in [0.25, 0.3) is 0 Å². The Balaban J connectivity index is 1.96. The summed E-state index contributed by atoms with van der Waals surface area (Å²) < 4.78 is 0. The van der Waals surface area contributed by atoms with E-state index >= 15 is 0 Å². The van der Waals surface area contributed by atoms with Crippen LogP contribution in [-0.4, -0.2) is 28.6 Å². The highest BCUT2D eigenvalue weighted by molar-refractivity contribution is 7.12. The summed E-state index contributed by atoms with van der Waals surface area (Å²) in [5.74, 6) is -0.0819. The fourth-order valence-corrected chi connectivity index (χ4v) is 3.07. The molecular weight excluding hydrogens is 298 g/mol. The number of carbonyl (C=O) groups is 1. The van der Waals surface area contributed by atoms with Gasteiger partial charge in [0.15, 0.2) is 5.01 Å². The minimum absolute atomic E-state index is 0.0819. The normalized spacial score (nSPS) is 11.8. The third-order valence-corrected chi connectivity index (χ3v) is 4.21. The fraction of sp³-hybridized carbons (Fsp3) is 0.188. The smallest absolute Gasteiger partial charge is 0.223 e. The second-order valence-corrected chi connectivity index (χ2v) is 5.55. The molecule has 112 valence electrons. The number of aromatic amines is 1. The lowest BCUT2D eigenvalue weighted by atomic mass is 10.1. The van der Waals surface area contributed by atoms with Crippen molar-refractivity contribution < 1.29 is 9.63 Å². The quantitative estimate of drug-likeness (QED) is 0.444. The molecule has 0 aliphatic rings. The summed E-state index contributed by atoms with van der Waals surface area (Å²) in [6.07, 6.45) is 2.43. The minimum Gasteiger partial charge on any atom is -0.399 e. The van der Waals surface area contributed by atoms with Gasteiger partial charge in [-0.1, -0.05) is 30.3 Å². The van der Waals surface area contributed by atoms with Crippen molar-refractivity contribution in [3.8, 4) is 0 Å². The number of carbonyl (C=O) groups excluding carboxylic acids is 1. The molecule has 0 atom stereocenters. The van der Waals surface area contributed by atoms with Crippen molar-refractivity contribution in [1.82, 2.24) is 9.97 Å².